The predicted molar refractivity (Wildman–Crippen MR) is 61.8 cm³/mol. The number of amides is 1. The third kappa shape index (κ3) is 3.47. The molecule has 2 atom stereocenters. The van der Waals surface area contributed by atoms with Gasteiger partial charge >= 0.3 is 0 Å². The summed E-state index contributed by atoms with van der Waals surface area (Å²) in [6.07, 6.45) is 1.10. The Bertz CT molecular complexity index is 218. The molecule has 0 aromatic rings. The van der Waals surface area contributed by atoms with E-state index in [2.05, 4.69) is 12.2 Å². The minimum absolute atomic E-state index is 0.243. The first kappa shape index (κ1) is 12.5. The van der Waals surface area contributed by atoms with Crippen molar-refractivity contribution in [3.8, 4) is 0 Å². The van der Waals surface area contributed by atoms with Crippen LogP contribution in [0.25, 0.3) is 0 Å². The highest BCUT2D eigenvalue weighted by atomic mass is 16.2. The zero-order valence-corrected chi connectivity index (χ0v) is 10.3. The van der Waals surface area contributed by atoms with Crippen LogP contribution in [0.5, 0.6) is 0 Å². The van der Waals surface area contributed by atoms with E-state index in [9.17, 15) is 4.79 Å². The van der Waals surface area contributed by atoms with E-state index in [0.717, 1.165) is 19.5 Å². The van der Waals surface area contributed by atoms with Crippen molar-refractivity contribution in [1.29, 1.82) is 0 Å². The number of rotatable bonds is 3. The zero-order valence-electron chi connectivity index (χ0n) is 10.3. The van der Waals surface area contributed by atoms with Crippen molar-refractivity contribution in [3.05, 3.63) is 0 Å². The van der Waals surface area contributed by atoms with Crippen LogP contribution < -0.4 is 5.32 Å². The van der Waals surface area contributed by atoms with Gasteiger partial charge in [-0.3, -0.25) is 4.79 Å². The van der Waals surface area contributed by atoms with E-state index < -0.39 is 0 Å². The van der Waals surface area contributed by atoms with Crippen LogP contribution >= 0.6 is 0 Å². The molecule has 0 radical (unpaired) electrons. The Morgan fingerprint density at radius 3 is 2.73 bits per heavy atom. The average molecular weight is 213 g/mol. The quantitative estimate of drug-likeness (QED) is 0.717. The van der Waals surface area contributed by atoms with Crippen LogP contribution in [-0.4, -0.2) is 62.5 Å². The summed E-state index contributed by atoms with van der Waals surface area (Å²) in [4.78, 5) is 15.7. The van der Waals surface area contributed by atoms with Gasteiger partial charge in [-0.1, -0.05) is 6.92 Å². The standard InChI is InChI=1S/C11H23N3O/c1-9-5-6-14(7-10(9)12-2)11(15)8-13(3)4/h9-10,12H,5-8H2,1-4H3. The van der Waals surface area contributed by atoms with Crippen molar-refractivity contribution >= 4 is 5.91 Å². The summed E-state index contributed by atoms with van der Waals surface area (Å²) in [7, 11) is 5.83. The molecule has 1 saturated heterocycles. The van der Waals surface area contributed by atoms with Crippen LogP contribution in [-0.2, 0) is 4.79 Å². The van der Waals surface area contributed by atoms with Gasteiger partial charge in [-0.05, 0) is 33.5 Å². The summed E-state index contributed by atoms with van der Waals surface area (Å²) in [6.45, 7) is 4.52. The van der Waals surface area contributed by atoms with E-state index in [0.29, 0.717) is 18.5 Å². The molecule has 1 aliphatic heterocycles. The molecular weight excluding hydrogens is 190 g/mol. The summed E-state index contributed by atoms with van der Waals surface area (Å²) in [5.41, 5.74) is 0. The van der Waals surface area contributed by atoms with Gasteiger partial charge in [-0.2, -0.15) is 0 Å². The molecule has 1 N–H and O–H groups in total. The Labute approximate surface area is 92.6 Å². The fourth-order valence-corrected chi connectivity index (χ4v) is 2.04. The highest BCUT2D eigenvalue weighted by Crippen LogP contribution is 2.16. The molecule has 1 heterocycles. The van der Waals surface area contributed by atoms with Gasteiger partial charge in [-0.25, -0.2) is 0 Å². The van der Waals surface area contributed by atoms with Crippen LogP contribution in [0.3, 0.4) is 0 Å². The zero-order chi connectivity index (χ0) is 11.4. The van der Waals surface area contributed by atoms with E-state index >= 15 is 0 Å². The van der Waals surface area contributed by atoms with Crippen LogP contribution in [0.1, 0.15) is 13.3 Å². The molecule has 88 valence electrons. The first-order valence-corrected chi connectivity index (χ1v) is 5.64. The molecule has 0 spiro atoms. The monoisotopic (exact) mass is 213 g/mol. The molecule has 0 aromatic carbocycles. The third-order valence-corrected chi connectivity index (χ3v) is 3.13. The number of nitrogens with zero attached hydrogens (tertiary/aromatic N) is 2. The number of carbonyl (C=O) groups is 1. The van der Waals surface area contributed by atoms with Gasteiger partial charge in [0.05, 0.1) is 6.54 Å². The van der Waals surface area contributed by atoms with Crippen LogP contribution in [0.15, 0.2) is 0 Å². The molecule has 1 aliphatic rings. The smallest absolute Gasteiger partial charge is 0.236 e. The third-order valence-electron chi connectivity index (χ3n) is 3.13. The number of likely N-dealkylation sites (tertiary alicyclic amines) is 1. The molecule has 1 amide bonds. The fourth-order valence-electron chi connectivity index (χ4n) is 2.04. The van der Waals surface area contributed by atoms with Crippen molar-refractivity contribution in [1.82, 2.24) is 15.1 Å². The van der Waals surface area contributed by atoms with E-state index in [-0.39, 0.29) is 5.91 Å². The minimum atomic E-state index is 0.243. The highest BCUT2D eigenvalue weighted by Gasteiger charge is 2.27. The van der Waals surface area contributed by atoms with Crippen molar-refractivity contribution in [2.75, 3.05) is 40.8 Å². The Morgan fingerprint density at radius 2 is 2.20 bits per heavy atom. The Hall–Kier alpha value is -0.610. The summed E-state index contributed by atoms with van der Waals surface area (Å²) in [5, 5.41) is 3.28. The molecule has 0 aromatic heterocycles. The largest absolute Gasteiger partial charge is 0.340 e. The molecule has 4 heteroatoms. The SMILES string of the molecule is CNC1CN(C(=O)CN(C)C)CCC1C. The molecule has 0 aliphatic carbocycles. The molecular formula is C11H23N3O. The Kier molecular flexibility index (Phi) is 4.54. The molecule has 0 saturated carbocycles. The second-order valence-corrected chi connectivity index (χ2v) is 4.74. The number of nitrogens with one attached hydrogen (secondary N) is 1. The number of hydrogen-bond acceptors (Lipinski definition) is 3. The molecule has 1 fully saturated rings. The molecule has 2 unspecified atom stereocenters. The van der Waals surface area contributed by atoms with Crippen molar-refractivity contribution in [3.63, 3.8) is 0 Å². The number of hydrogen-bond donors (Lipinski definition) is 1. The molecule has 0 bridgehead atoms. The van der Waals surface area contributed by atoms with Crippen LogP contribution in [0.4, 0.5) is 0 Å². The Balaban J connectivity index is 2.47. The van der Waals surface area contributed by atoms with Crippen molar-refractivity contribution in [2.24, 2.45) is 5.92 Å². The molecule has 15 heavy (non-hydrogen) atoms. The van der Waals surface area contributed by atoms with Gasteiger partial charge < -0.3 is 15.1 Å². The first-order chi connectivity index (χ1) is 7.04. The lowest BCUT2D eigenvalue weighted by atomic mass is 9.93. The lowest BCUT2D eigenvalue weighted by molar-refractivity contribution is -0.133. The van der Waals surface area contributed by atoms with Gasteiger partial charge in [0, 0.05) is 19.1 Å². The summed E-state index contributed by atoms with van der Waals surface area (Å²) < 4.78 is 0. The van der Waals surface area contributed by atoms with Crippen LogP contribution in [0.2, 0.25) is 0 Å². The van der Waals surface area contributed by atoms with Gasteiger partial charge in [0.2, 0.25) is 5.91 Å². The highest BCUT2D eigenvalue weighted by molar-refractivity contribution is 5.78. The van der Waals surface area contributed by atoms with E-state index in [4.69, 9.17) is 0 Å². The van der Waals surface area contributed by atoms with Crippen molar-refractivity contribution < 1.29 is 4.79 Å². The maximum Gasteiger partial charge on any atom is 0.236 e. The first-order valence-electron chi connectivity index (χ1n) is 5.64. The normalized spacial score (nSPS) is 27.1. The van der Waals surface area contributed by atoms with Gasteiger partial charge in [0.25, 0.3) is 0 Å². The van der Waals surface area contributed by atoms with E-state index in [1.165, 1.54) is 0 Å². The number of piperidine rings is 1. The summed E-state index contributed by atoms with van der Waals surface area (Å²) >= 11 is 0. The van der Waals surface area contributed by atoms with E-state index in [1.807, 2.05) is 30.9 Å². The van der Waals surface area contributed by atoms with Gasteiger partial charge in [-0.15, -0.1) is 0 Å². The summed E-state index contributed by atoms with van der Waals surface area (Å²) in [6, 6.07) is 0.449. The second-order valence-electron chi connectivity index (χ2n) is 4.74. The van der Waals surface area contributed by atoms with Crippen LogP contribution in [0, 0.1) is 5.92 Å². The maximum atomic E-state index is 11.8. The van der Waals surface area contributed by atoms with Gasteiger partial charge in [0.15, 0.2) is 0 Å². The minimum Gasteiger partial charge on any atom is -0.340 e. The number of carbonyl (C=O) groups excluding carboxylic acids is 1. The summed E-state index contributed by atoms with van der Waals surface area (Å²) in [5.74, 6) is 0.908. The molecule has 1 rings (SSSR count). The number of likely N-dealkylation sites (N-methyl/N-ethyl adjacent to an activating group) is 2. The van der Waals surface area contributed by atoms with Crippen molar-refractivity contribution in [2.45, 2.75) is 19.4 Å². The van der Waals surface area contributed by atoms with E-state index in [1.54, 1.807) is 0 Å². The fraction of sp³-hybridized carbons (Fsp3) is 0.909. The second kappa shape index (κ2) is 5.47. The van der Waals surface area contributed by atoms with Gasteiger partial charge in [0.1, 0.15) is 0 Å². The molecule has 4 nitrogen and oxygen atoms in total. The topological polar surface area (TPSA) is 35.6 Å². The maximum absolute atomic E-state index is 11.8. The predicted octanol–water partition coefficient (Wildman–Crippen LogP) is 0.00440. The average Bonchev–Trinajstić information content (AvgIpc) is 2.17. The lowest BCUT2D eigenvalue weighted by Crippen LogP contribution is -2.52. The Morgan fingerprint density at radius 1 is 1.53 bits per heavy atom. The lowest BCUT2D eigenvalue weighted by Gasteiger charge is -2.37.